The third kappa shape index (κ3) is 8.94. The maximum atomic E-state index is 13.4. The molecule has 46 heavy (non-hydrogen) atoms. The molecule has 0 saturated carbocycles. The second-order valence-corrected chi connectivity index (χ2v) is 14.3. The lowest BCUT2D eigenvalue weighted by molar-refractivity contribution is 0.0635. The minimum absolute atomic E-state index is 0.139. The van der Waals surface area contributed by atoms with Crippen LogP contribution in [0.5, 0.6) is 0 Å². The van der Waals surface area contributed by atoms with Crippen LogP contribution < -0.4 is 14.9 Å². The molecular formula is C34H39FN4O6S. The standard InChI is InChI=1S/C34H39FN4O6S/c1-21(16-24-10-8-9-11-29(24)37-33(41)44-34(3,4)5)30-20-31(45-38-30)25-17-26(19-28(18-25)39(6)46(7,42)43)32(40)36-22(2)23-12-14-27(35)15-13-23/h8-15,17-22H,16H2,1-7H3,(H,36,40)(H,37,41)/t21-,22-/m1/s1. The van der Waals surface area contributed by atoms with Crippen molar-refractivity contribution >= 4 is 33.4 Å². The molecule has 1 aromatic heterocycles. The lowest BCUT2D eigenvalue weighted by Crippen LogP contribution is -2.28. The van der Waals surface area contributed by atoms with Gasteiger partial charge in [0.25, 0.3) is 5.91 Å². The minimum Gasteiger partial charge on any atom is -0.444 e. The molecule has 0 fully saturated rings. The van der Waals surface area contributed by atoms with Crippen LogP contribution in [-0.4, -0.2) is 44.5 Å². The maximum absolute atomic E-state index is 13.4. The van der Waals surface area contributed by atoms with E-state index in [0.717, 1.165) is 16.1 Å². The SMILES string of the molecule is C[C@H](Cc1ccccc1NC(=O)OC(C)(C)C)c1cc(-c2cc(C(=O)N[C@H](C)c3ccc(F)cc3)cc(N(C)S(C)(=O)=O)c2)on1. The molecule has 4 aromatic rings. The van der Waals surface area contributed by atoms with Crippen LogP contribution in [0.15, 0.2) is 77.3 Å². The molecular weight excluding hydrogens is 611 g/mol. The fourth-order valence-electron chi connectivity index (χ4n) is 4.70. The van der Waals surface area contributed by atoms with E-state index in [1.54, 1.807) is 64.1 Å². The summed E-state index contributed by atoms with van der Waals surface area (Å²) in [5.41, 5.74) is 3.09. The van der Waals surface area contributed by atoms with Gasteiger partial charge in [-0.15, -0.1) is 0 Å². The molecule has 0 radical (unpaired) electrons. The second-order valence-electron chi connectivity index (χ2n) is 12.3. The van der Waals surface area contributed by atoms with Gasteiger partial charge in [0, 0.05) is 35.8 Å². The average Bonchev–Trinajstić information content (AvgIpc) is 3.47. The van der Waals surface area contributed by atoms with Crippen LogP contribution in [0.4, 0.5) is 20.6 Å². The lowest BCUT2D eigenvalue weighted by atomic mass is 9.96. The Balaban J connectivity index is 1.60. The van der Waals surface area contributed by atoms with Crippen LogP contribution in [0.3, 0.4) is 0 Å². The number of carbonyl (C=O) groups excluding carboxylic acids is 2. The number of nitrogens with zero attached hydrogens (tertiary/aromatic N) is 2. The number of aromatic nitrogens is 1. The topological polar surface area (TPSA) is 131 Å². The van der Waals surface area contributed by atoms with E-state index in [0.29, 0.717) is 34.7 Å². The highest BCUT2D eigenvalue weighted by molar-refractivity contribution is 7.92. The number of nitrogens with one attached hydrogen (secondary N) is 2. The maximum Gasteiger partial charge on any atom is 0.412 e. The molecule has 0 saturated heterocycles. The van der Waals surface area contributed by atoms with Gasteiger partial charge >= 0.3 is 6.09 Å². The van der Waals surface area contributed by atoms with Gasteiger partial charge in [0.05, 0.1) is 23.7 Å². The van der Waals surface area contributed by atoms with Crippen molar-refractivity contribution in [3.05, 3.63) is 101 Å². The van der Waals surface area contributed by atoms with Crippen molar-refractivity contribution in [2.24, 2.45) is 0 Å². The van der Waals surface area contributed by atoms with Gasteiger partial charge in [-0.25, -0.2) is 17.6 Å². The van der Waals surface area contributed by atoms with Gasteiger partial charge in [-0.05, 0) is 81.6 Å². The highest BCUT2D eigenvalue weighted by Crippen LogP contribution is 2.32. The minimum atomic E-state index is -3.65. The van der Waals surface area contributed by atoms with Crippen molar-refractivity contribution in [1.82, 2.24) is 10.5 Å². The summed E-state index contributed by atoms with van der Waals surface area (Å²) in [7, 11) is -2.26. The van der Waals surface area contributed by atoms with Gasteiger partial charge in [0.15, 0.2) is 5.76 Å². The Labute approximate surface area is 269 Å². The second kappa shape index (κ2) is 13.7. The summed E-state index contributed by atoms with van der Waals surface area (Å²) in [5, 5.41) is 9.97. The zero-order valence-electron chi connectivity index (χ0n) is 26.9. The van der Waals surface area contributed by atoms with Crippen molar-refractivity contribution in [2.75, 3.05) is 22.9 Å². The van der Waals surface area contributed by atoms with E-state index in [1.807, 2.05) is 25.1 Å². The van der Waals surface area contributed by atoms with Gasteiger partial charge in [0.1, 0.15) is 11.4 Å². The molecule has 1 heterocycles. The number of benzene rings is 3. The Morgan fingerprint density at radius 1 is 1.02 bits per heavy atom. The number of carbonyl (C=O) groups is 2. The summed E-state index contributed by atoms with van der Waals surface area (Å²) in [6.07, 6.45) is 1.03. The first-order chi connectivity index (χ1) is 21.5. The molecule has 2 amide bonds. The number of para-hydroxylation sites is 1. The Morgan fingerprint density at radius 2 is 1.70 bits per heavy atom. The lowest BCUT2D eigenvalue weighted by Gasteiger charge is -2.21. The first-order valence-corrected chi connectivity index (χ1v) is 16.5. The summed E-state index contributed by atoms with van der Waals surface area (Å²) in [4.78, 5) is 25.8. The third-order valence-corrected chi connectivity index (χ3v) is 8.46. The molecule has 244 valence electrons. The summed E-state index contributed by atoms with van der Waals surface area (Å²) in [5.74, 6) is -0.637. The summed E-state index contributed by atoms with van der Waals surface area (Å²) in [6, 6.07) is 19.2. The van der Waals surface area contributed by atoms with Crippen molar-refractivity contribution < 1.29 is 31.7 Å². The van der Waals surface area contributed by atoms with E-state index < -0.39 is 33.7 Å². The summed E-state index contributed by atoms with van der Waals surface area (Å²) >= 11 is 0. The predicted molar refractivity (Wildman–Crippen MR) is 176 cm³/mol. The monoisotopic (exact) mass is 650 g/mol. The third-order valence-electron chi connectivity index (χ3n) is 7.26. The van der Waals surface area contributed by atoms with Gasteiger partial charge in [-0.1, -0.05) is 42.4 Å². The fourth-order valence-corrected chi connectivity index (χ4v) is 5.19. The average molecular weight is 651 g/mol. The van der Waals surface area contributed by atoms with Crippen LogP contribution in [0.1, 0.15) is 73.8 Å². The van der Waals surface area contributed by atoms with Gasteiger partial charge in [-0.2, -0.15) is 0 Å². The molecule has 0 spiro atoms. The number of hydrogen-bond donors (Lipinski definition) is 2. The summed E-state index contributed by atoms with van der Waals surface area (Å²) < 4.78 is 50.4. The first kappa shape index (κ1) is 34.2. The highest BCUT2D eigenvalue weighted by Gasteiger charge is 2.22. The Bertz CT molecular complexity index is 1820. The molecule has 12 heteroatoms. The molecule has 4 rings (SSSR count). The summed E-state index contributed by atoms with van der Waals surface area (Å²) in [6.45, 7) is 9.11. The van der Waals surface area contributed by atoms with Gasteiger partial charge in [0.2, 0.25) is 10.0 Å². The smallest absolute Gasteiger partial charge is 0.412 e. The zero-order chi connectivity index (χ0) is 33.8. The Hall–Kier alpha value is -4.71. The number of sulfonamides is 1. The van der Waals surface area contributed by atoms with Crippen LogP contribution in [0, 0.1) is 5.82 Å². The van der Waals surface area contributed by atoms with E-state index >= 15 is 0 Å². The number of anilines is 2. The molecule has 0 unspecified atom stereocenters. The normalized spacial score (nSPS) is 13.0. The molecule has 2 N–H and O–H groups in total. The Morgan fingerprint density at radius 3 is 2.35 bits per heavy atom. The van der Waals surface area contributed by atoms with Gasteiger partial charge in [-0.3, -0.25) is 14.4 Å². The van der Waals surface area contributed by atoms with Crippen molar-refractivity contribution in [3.63, 3.8) is 0 Å². The molecule has 0 aliphatic heterocycles. The first-order valence-electron chi connectivity index (χ1n) is 14.7. The number of ether oxygens (including phenoxy) is 1. The number of hydrogen-bond acceptors (Lipinski definition) is 7. The number of rotatable bonds is 10. The van der Waals surface area contributed by atoms with E-state index in [-0.39, 0.29) is 23.0 Å². The van der Waals surface area contributed by atoms with Crippen LogP contribution >= 0.6 is 0 Å². The van der Waals surface area contributed by atoms with E-state index in [1.165, 1.54) is 25.2 Å². The van der Waals surface area contributed by atoms with Crippen molar-refractivity contribution in [2.45, 2.75) is 58.6 Å². The van der Waals surface area contributed by atoms with Crippen molar-refractivity contribution in [3.8, 4) is 11.3 Å². The fraction of sp³-hybridized carbons (Fsp3) is 0.324. The number of amides is 2. The quantitative estimate of drug-likeness (QED) is 0.188. The van der Waals surface area contributed by atoms with E-state index in [9.17, 15) is 22.4 Å². The van der Waals surface area contributed by atoms with Gasteiger partial charge < -0.3 is 14.6 Å². The molecule has 0 aliphatic carbocycles. The van der Waals surface area contributed by atoms with Crippen LogP contribution in [-0.2, 0) is 21.2 Å². The molecule has 0 aliphatic rings. The molecule has 10 nitrogen and oxygen atoms in total. The molecule has 2 atom stereocenters. The predicted octanol–water partition coefficient (Wildman–Crippen LogP) is 7.06. The molecule has 3 aromatic carbocycles. The van der Waals surface area contributed by atoms with E-state index in [4.69, 9.17) is 9.26 Å². The van der Waals surface area contributed by atoms with Crippen molar-refractivity contribution in [1.29, 1.82) is 0 Å². The largest absolute Gasteiger partial charge is 0.444 e. The zero-order valence-corrected chi connectivity index (χ0v) is 27.7. The molecule has 0 bridgehead atoms. The van der Waals surface area contributed by atoms with E-state index in [2.05, 4.69) is 15.8 Å². The highest BCUT2D eigenvalue weighted by atomic mass is 32.2. The Kier molecular flexibility index (Phi) is 10.2. The van der Waals surface area contributed by atoms with Crippen LogP contribution in [0.2, 0.25) is 0 Å². The van der Waals surface area contributed by atoms with Crippen LogP contribution in [0.25, 0.3) is 11.3 Å². The number of halogens is 1.